The largest absolute Gasteiger partial charge is 0.444 e. The fourth-order valence-electron chi connectivity index (χ4n) is 1.08. The molecule has 1 N–H and O–H groups in total. The molecule has 1 aromatic carbocycles. The van der Waals surface area contributed by atoms with Crippen molar-refractivity contribution in [2.75, 3.05) is 5.32 Å². The highest BCUT2D eigenvalue weighted by atomic mass is 79.9. The van der Waals surface area contributed by atoms with Gasteiger partial charge in [0.25, 0.3) is 0 Å². The molecule has 1 amide bonds. The Morgan fingerprint density at radius 1 is 1.41 bits per heavy atom. The molecule has 6 heteroatoms. The molecule has 0 radical (unpaired) electrons. The second-order valence-corrected chi connectivity index (χ2v) is 5.90. The van der Waals surface area contributed by atoms with Crippen LogP contribution < -0.4 is 10.6 Å². The van der Waals surface area contributed by atoms with Gasteiger partial charge < -0.3 is 4.74 Å². The van der Waals surface area contributed by atoms with Gasteiger partial charge in [-0.15, -0.1) is 0 Å². The van der Waals surface area contributed by atoms with E-state index in [-0.39, 0.29) is 8.46 Å². The fourth-order valence-corrected chi connectivity index (χ4v) is 1.90. The van der Waals surface area contributed by atoms with Crippen LogP contribution in [0.5, 0.6) is 0 Å². The summed E-state index contributed by atoms with van der Waals surface area (Å²) < 4.78 is 16.6. The summed E-state index contributed by atoms with van der Waals surface area (Å²) in [5.41, 5.74) is -0.000191. The van der Waals surface area contributed by atoms with Crippen LogP contribution in [0.3, 0.4) is 0 Å². The summed E-state index contributed by atoms with van der Waals surface area (Å²) in [6.07, 6.45) is -0.534. The third kappa shape index (κ3) is 4.84. The zero-order valence-electron chi connectivity index (χ0n) is 9.78. The van der Waals surface area contributed by atoms with Crippen molar-refractivity contribution in [2.45, 2.75) is 26.4 Å². The molecule has 4 nitrogen and oxygen atoms in total. The minimum atomic E-state index is -0.543. The molecule has 92 valence electrons. The molecule has 0 spiro atoms. The molecular formula is C11H13BrNO3P. The van der Waals surface area contributed by atoms with E-state index in [1.807, 2.05) is 0 Å². The minimum Gasteiger partial charge on any atom is -0.444 e. The number of rotatable bonds is 2. The van der Waals surface area contributed by atoms with Crippen molar-refractivity contribution < 1.29 is 14.1 Å². The van der Waals surface area contributed by atoms with E-state index >= 15 is 0 Å². The molecule has 0 aliphatic rings. The molecular weight excluding hydrogens is 305 g/mol. The van der Waals surface area contributed by atoms with Crippen LogP contribution in [0.25, 0.3) is 0 Å². The lowest BCUT2D eigenvalue weighted by atomic mass is 10.2. The van der Waals surface area contributed by atoms with Crippen LogP contribution in [0.15, 0.2) is 22.7 Å². The van der Waals surface area contributed by atoms with Crippen molar-refractivity contribution in [3.8, 4) is 0 Å². The first-order valence-electron chi connectivity index (χ1n) is 4.95. The number of carbonyl (C=O) groups excluding carboxylic acids is 1. The average Bonchev–Trinajstić information content (AvgIpc) is 2.18. The second-order valence-electron chi connectivity index (χ2n) is 4.38. The number of carbonyl (C=O) groups is 1. The molecule has 0 aliphatic heterocycles. The van der Waals surface area contributed by atoms with Crippen molar-refractivity contribution in [3.05, 3.63) is 22.7 Å². The Labute approximate surface area is 110 Å². The topological polar surface area (TPSA) is 55.4 Å². The average molecular weight is 318 g/mol. The lowest BCUT2D eigenvalue weighted by molar-refractivity contribution is 0.0636. The number of ether oxygens (including phenoxy) is 1. The highest BCUT2D eigenvalue weighted by molar-refractivity contribution is 9.10. The highest BCUT2D eigenvalue weighted by Gasteiger charge is 2.16. The van der Waals surface area contributed by atoms with Gasteiger partial charge in [-0.05, 0) is 54.9 Å². The summed E-state index contributed by atoms with van der Waals surface area (Å²) in [5, 5.41) is 3.14. The Balaban J connectivity index is 2.75. The third-order valence-electron chi connectivity index (χ3n) is 1.69. The van der Waals surface area contributed by atoms with E-state index in [9.17, 15) is 9.36 Å². The molecule has 0 aromatic heterocycles. The van der Waals surface area contributed by atoms with E-state index in [1.54, 1.807) is 39.0 Å². The summed E-state index contributed by atoms with van der Waals surface area (Å²) in [6.45, 7) is 5.36. The van der Waals surface area contributed by atoms with Crippen LogP contribution >= 0.6 is 24.4 Å². The maximum atomic E-state index is 11.5. The molecule has 17 heavy (non-hydrogen) atoms. The number of hydrogen-bond donors (Lipinski definition) is 1. The maximum absolute atomic E-state index is 11.5. The van der Waals surface area contributed by atoms with Crippen molar-refractivity contribution in [1.29, 1.82) is 0 Å². The van der Waals surface area contributed by atoms with Gasteiger partial charge in [-0.3, -0.25) is 9.88 Å². The SMILES string of the molecule is CC(C)(C)OC(=O)Nc1ccc(Br)c(P=O)c1. The fraction of sp³-hybridized carbons (Fsp3) is 0.364. The molecule has 0 fully saturated rings. The lowest BCUT2D eigenvalue weighted by Crippen LogP contribution is -2.27. The standard InChI is InChI=1S/C11H13BrNO3P/c1-11(2,3)16-10(14)13-7-4-5-8(12)9(6-7)17-15/h4-6H,1-3H3,(H,13,14). The predicted molar refractivity (Wildman–Crippen MR) is 71.2 cm³/mol. The minimum absolute atomic E-state index is 0.108. The van der Waals surface area contributed by atoms with E-state index < -0.39 is 11.7 Å². The Morgan fingerprint density at radius 3 is 2.59 bits per heavy atom. The normalized spacial score (nSPS) is 11.3. The van der Waals surface area contributed by atoms with Crippen molar-refractivity contribution >= 4 is 41.5 Å². The Bertz CT molecular complexity index is 443. The van der Waals surface area contributed by atoms with Gasteiger partial charge in [0.15, 0.2) is 8.46 Å². The molecule has 0 atom stereocenters. The summed E-state index contributed by atoms with van der Waals surface area (Å²) in [7, 11) is -0.108. The zero-order chi connectivity index (χ0) is 13.1. The zero-order valence-corrected chi connectivity index (χ0v) is 12.3. The third-order valence-corrected chi connectivity index (χ3v) is 3.25. The Hall–Kier alpha value is -0.930. The molecule has 0 heterocycles. The van der Waals surface area contributed by atoms with Crippen molar-refractivity contribution in [1.82, 2.24) is 0 Å². The smallest absolute Gasteiger partial charge is 0.412 e. The summed E-state index contributed by atoms with van der Waals surface area (Å²) in [4.78, 5) is 11.5. The van der Waals surface area contributed by atoms with Gasteiger partial charge in [0.2, 0.25) is 0 Å². The van der Waals surface area contributed by atoms with Gasteiger partial charge in [-0.2, -0.15) is 0 Å². The number of benzene rings is 1. The Kier molecular flexibility index (Phi) is 4.66. The van der Waals surface area contributed by atoms with Gasteiger partial charge in [0.1, 0.15) is 5.60 Å². The van der Waals surface area contributed by atoms with Crippen LogP contribution in [-0.2, 0) is 9.30 Å². The van der Waals surface area contributed by atoms with Gasteiger partial charge in [-0.25, -0.2) is 4.79 Å². The quantitative estimate of drug-likeness (QED) is 0.846. The first-order chi connectivity index (χ1) is 7.81. The highest BCUT2D eigenvalue weighted by Crippen LogP contribution is 2.17. The van der Waals surface area contributed by atoms with Gasteiger partial charge in [0, 0.05) is 10.2 Å². The number of amides is 1. The first kappa shape index (κ1) is 14.1. The molecule has 0 saturated heterocycles. The van der Waals surface area contributed by atoms with Crippen LogP contribution in [0.4, 0.5) is 10.5 Å². The number of halogens is 1. The summed E-state index contributed by atoms with van der Waals surface area (Å²) in [6, 6.07) is 5.03. The van der Waals surface area contributed by atoms with E-state index in [0.717, 1.165) is 4.47 Å². The van der Waals surface area contributed by atoms with E-state index in [2.05, 4.69) is 21.2 Å². The molecule has 0 bridgehead atoms. The molecule has 1 rings (SSSR count). The number of hydrogen-bond acceptors (Lipinski definition) is 3. The van der Waals surface area contributed by atoms with Crippen molar-refractivity contribution in [2.24, 2.45) is 0 Å². The number of nitrogens with one attached hydrogen (secondary N) is 1. The second kappa shape index (κ2) is 5.61. The van der Waals surface area contributed by atoms with Crippen LogP contribution in [0.2, 0.25) is 0 Å². The Morgan fingerprint density at radius 2 is 2.06 bits per heavy atom. The predicted octanol–water partition coefficient (Wildman–Crippen LogP) is 3.71. The molecule has 0 saturated carbocycles. The van der Waals surface area contributed by atoms with Crippen LogP contribution in [0, 0.1) is 0 Å². The number of anilines is 1. The van der Waals surface area contributed by atoms with Gasteiger partial charge in [0.05, 0.1) is 5.30 Å². The molecule has 0 aliphatic carbocycles. The van der Waals surface area contributed by atoms with E-state index in [1.165, 1.54) is 0 Å². The van der Waals surface area contributed by atoms with Gasteiger partial charge >= 0.3 is 6.09 Å². The van der Waals surface area contributed by atoms with Crippen LogP contribution in [0.1, 0.15) is 20.8 Å². The molecule has 0 unspecified atom stereocenters. The van der Waals surface area contributed by atoms with E-state index in [0.29, 0.717) is 11.0 Å². The first-order valence-corrected chi connectivity index (χ1v) is 6.55. The summed E-state index contributed by atoms with van der Waals surface area (Å²) in [5.74, 6) is 0. The molecule has 1 aromatic rings. The monoisotopic (exact) mass is 317 g/mol. The lowest BCUT2D eigenvalue weighted by Gasteiger charge is -2.19. The summed E-state index contributed by atoms with van der Waals surface area (Å²) >= 11 is 3.25. The van der Waals surface area contributed by atoms with Crippen molar-refractivity contribution in [3.63, 3.8) is 0 Å². The van der Waals surface area contributed by atoms with Crippen LogP contribution in [-0.4, -0.2) is 11.7 Å². The van der Waals surface area contributed by atoms with Gasteiger partial charge in [-0.1, -0.05) is 0 Å². The maximum Gasteiger partial charge on any atom is 0.412 e. The van der Waals surface area contributed by atoms with E-state index in [4.69, 9.17) is 4.74 Å².